The summed E-state index contributed by atoms with van der Waals surface area (Å²) < 4.78 is 0. The quantitative estimate of drug-likeness (QED) is 0.194. The number of carbonyl (C=O) groups excluding carboxylic acids is 1. The Morgan fingerprint density at radius 2 is 1.09 bits per heavy atom. The van der Waals surface area contributed by atoms with E-state index < -0.39 is 0 Å². The second-order valence-electron chi connectivity index (χ2n) is 8.56. The smallest absolute Gasteiger partial charge is 0.257 e. The lowest BCUT2D eigenvalue weighted by atomic mass is 9.92. The first-order chi connectivity index (χ1) is 17.0. The zero-order chi connectivity index (χ0) is 25.1. The lowest BCUT2D eigenvalue weighted by Crippen LogP contribution is -2.29. The van der Waals surface area contributed by atoms with Crippen molar-refractivity contribution in [2.45, 2.75) is 27.7 Å². The third-order valence-electron chi connectivity index (χ3n) is 6.13. The van der Waals surface area contributed by atoms with Gasteiger partial charge in [-0.15, -0.1) is 0 Å². The van der Waals surface area contributed by atoms with Gasteiger partial charge in [0.2, 0.25) is 0 Å². The van der Waals surface area contributed by atoms with Crippen LogP contribution in [0, 0.1) is 0 Å². The van der Waals surface area contributed by atoms with Crippen LogP contribution in [-0.4, -0.2) is 5.91 Å². The lowest BCUT2D eigenvalue weighted by Gasteiger charge is -2.23. The number of rotatable bonds is 4. The first-order valence-corrected chi connectivity index (χ1v) is 12.0. The molecule has 0 aliphatic rings. The zero-order valence-electron chi connectivity index (χ0n) is 20.9. The van der Waals surface area contributed by atoms with Crippen LogP contribution in [-0.2, 0) is 4.79 Å². The maximum Gasteiger partial charge on any atom is 0.257 e. The molecule has 35 heavy (non-hydrogen) atoms. The van der Waals surface area contributed by atoms with Crippen molar-refractivity contribution in [1.82, 2.24) is 0 Å². The molecule has 0 atom stereocenters. The minimum Gasteiger partial charge on any atom is -0.282 e. The molecule has 0 saturated heterocycles. The van der Waals surface area contributed by atoms with Gasteiger partial charge in [-0.25, -0.2) is 0 Å². The predicted octanol–water partition coefficient (Wildman–Crippen LogP) is 9.28. The monoisotopic (exact) mass is 457 g/mol. The molecule has 2 nitrogen and oxygen atoms in total. The number of carbonyl (C=O) groups is 1. The highest BCUT2D eigenvalue weighted by molar-refractivity contribution is 6.25. The number of anilines is 1. The van der Waals surface area contributed by atoms with E-state index in [0.29, 0.717) is 11.3 Å². The highest BCUT2D eigenvalue weighted by Gasteiger charge is 2.18. The molecule has 0 N–H and O–H groups in total. The predicted molar refractivity (Wildman–Crippen MR) is 153 cm³/mol. The van der Waals surface area contributed by atoms with E-state index in [0.717, 1.165) is 16.8 Å². The van der Waals surface area contributed by atoms with Crippen molar-refractivity contribution in [3.63, 3.8) is 0 Å². The number of nitrogens with zero attached hydrogens (tertiary/aromatic N) is 1. The molecule has 0 unspecified atom stereocenters. The average Bonchev–Trinajstić information content (AvgIpc) is 2.89. The molecule has 0 heterocycles. The van der Waals surface area contributed by atoms with Crippen LogP contribution in [0.2, 0.25) is 0 Å². The van der Waals surface area contributed by atoms with E-state index >= 15 is 0 Å². The Morgan fingerprint density at radius 3 is 1.60 bits per heavy atom. The number of benzene rings is 5. The van der Waals surface area contributed by atoms with Crippen molar-refractivity contribution >= 4 is 43.9 Å². The van der Waals surface area contributed by atoms with Gasteiger partial charge in [0.1, 0.15) is 0 Å². The van der Waals surface area contributed by atoms with Gasteiger partial charge in [0.25, 0.3) is 5.91 Å². The Balaban J connectivity index is 0.00000141. The van der Waals surface area contributed by atoms with Crippen molar-refractivity contribution in [2.75, 3.05) is 4.90 Å². The molecule has 1 amide bonds. The largest absolute Gasteiger partial charge is 0.282 e. The number of fused-ring (bicyclic) bond motifs is 6. The van der Waals surface area contributed by atoms with Crippen LogP contribution >= 0.6 is 0 Å². The summed E-state index contributed by atoms with van der Waals surface area (Å²) in [5, 5.41) is 7.49. The Bertz CT molecular complexity index is 1560. The Labute approximate surface area is 207 Å². The summed E-state index contributed by atoms with van der Waals surface area (Å²) in [5.41, 5.74) is 4.08. The molecule has 0 aliphatic carbocycles. The van der Waals surface area contributed by atoms with E-state index in [1.165, 1.54) is 32.3 Å². The van der Waals surface area contributed by atoms with Gasteiger partial charge < -0.3 is 0 Å². The van der Waals surface area contributed by atoms with Crippen molar-refractivity contribution in [3.8, 4) is 11.1 Å². The highest BCUT2D eigenvalue weighted by atomic mass is 16.2. The van der Waals surface area contributed by atoms with E-state index in [4.69, 9.17) is 0 Å². The molecular weight excluding hydrogens is 426 g/mol. The first-order valence-electron chi connectivity index (χ1n) is 12.0. The molecule has 2 heteroatoms. The van der Waals surface area contributed by atoms with Crippen molar-refractivity contribution in [3.05, 3.63) is 115 Å². The first kappa shape index (κ1) is 24.0. The molecule has 0 aliphatic heterocycles. The summed E-state index contributed by atoms with van der Waals surface area (Å²) in [6.07, 6.45) is 0. The van der Waals surface area contributed by atoms with E-state index in [1.807, 2.05) is 39.0 Å². The number of allylic oxidation sites excluding steroid dienone is 1. The fourth-order valence-corrected chi connectivity index (χ4v) is 4.61. The van der Waals surface area contributed by atoms with Crippen LogP contribution in [0.5, 0.6) is 0 Å². The number of hydrogen-bond donors (Lipinski definition) is 0. The molecule has 0 spiro atoms. The fourth-order valence-electron chi connectivity index (χ4n) is 4.61. The Morgan fingerprint density at radius 1 is 0.600 bits per heavy atom. The van der Waals surface area contributed by atoms with Crippen molar-refractivity contribution in [2.24, 2.45) is 0 Å². The molecule has 5 aromatic rings. The standard InChI is InChI=1S/C31H25NO.C2H6/c1-20(2)31(33)32(21(3)4)24-11-9-10-22(18-24)23-16-17-29-27-14-6-5-12-25(27)26-13-7-8-15-28(26)30(29)19-23;1-2/h5-19H,1,3H2,2,4H3;1-2H3. The fraction of sp³-hybridized carbons (Fsp3) is 0.121. The zero-order valence-corrected chi connectivity index (χ0v) is 20.9. The molecule has 0 fully saturated rings. The maximum atomic E-state index is 12.7. The van der Waals surface area contributed by atoms with Gasteiger partial charge in [-0.2, -0.15) is 0 Å². The van der Waals surface area contributed by atoms with Crippen LogP contribution in [0.25, 0.3) is 43.4 Å². The SMILES string of the molecule is C=C(C)C(=O)N(C(=C)C)c1cccc(-c2ccc3c4ccccc4c4ccccc4c3c2)c1.CC. The van der Waals surface area contributed by atoms with E-state index in [1.54, 1.807) is 11.8 Å². The van der Waals surface area contributed by atoms with Crippen LogP contribution < -0.4 is 4.90 Å². The second-order valence-corrected chi connectivity index (χ2v) is 8.56. The molecular formula is C33H31NO. The highest BCUT2D eigenvalue weighted by Crippen LogP contribution is 2.37. The summed E-state index contributed by atoms with van der Waals surface area (Å²) in [6.45, 7) is 15.4. The summed E-state index contributed by atoms with van der Waals surface area (Å²) in [5.74, 6) is -0.143. The Kier molecular flexibility index (Phi) is 6.84. The Hall–Kier alpha value is -4.17. The second kappa shape index (κ2) is 9.99. The van der Waals surface area contributed by atoms with Gasteiger partial charge in [0.05, 0.1) is 0 Å². The third-order valence-corrected chi connectivity index (χ3v) is 6.13. The summed E-state index contributed by atoms with van der Waals surface area (Å²) in [4.78, 5) is 14.4. The molecule has 5 aromatic carbocycles. The maximum absolute atomic E-state index is 12.7. The van der Waals surface area contributed by atoms with Crippen molar-refractivity contribution < 1.29 is 4.79 Å². The molecule has 174 valence electrons. The van der Waals surface area contributed by atoms with E-state index in [2.05, 4.69) is 86.0 Å². The third kappa shape index (κ3) is 4.36. The molecule has 0 saturated carbocycles. The lowest BCUT2D eigenvalue weighted by molar-refractivity contribution is -0.114. The van der Waals surface area contributed by atoms with Crippen LogP contribution in [0.3, 0.4) is 0 Å². The number of amides is 1. The van der Waals surface area contributed by atoms with Gasteiger partial charge in [-0.1, -0.05) is 99.8 Å². The minimum absolute atomic E-state index is 0.143. The van der Waals surface area contributed by atoms with Crippen LogP contribution in [0.15, 0.2) is 115 Å². The normalized spacial score (nSPS) is 10.6. The van der Waals surface area contributed by atoms with E-state index in [9.17, 15) is 4.79 Å². The molecule has 0 bridgehead atoms. The summed E-state index contributed by atoms with van der Waals surface area (Å²) in [7, 11) is 0. The minimum atomic E-state index is -0.143. The van der Waals surface area contributed by atoms with Gasteiger partial charge in [-0.3, -0.25) is 9.69 Å². The summed E-state index contributed by atoms with van der Waals surface area (Å²) in [6, 6.07) is 31.8. The topological polar surface area (TPSA) is 20.3 Å². The van der Waals surface area contributed by atoms with E-state index in [-0.39, 0.29) is 5.91 Å². The molecule has 0 radical (unpaired) electrons. The molecule has 5 rings (SSSR count). The molecule has 0 aromatic heterocycles. The van der Waals surface area contributed by atoms with Gasteiger partial charge in [0, 0.05) is 17.0 Å². The summed E-state index contributed by atoms with van der Waals surface area (Å²) >= 11 is 0. The van der Waals surface area contributed by atoms with Crippen molar-refractivity contribution in [1.29, 1.82) is 0 Å². The van der Waals surface area contributed by atoms with Gasteiger partial charge in [-0.05, 0) is 75.5 Å². The van der Waals surface area contributed by atoms with Gasteiger partial charge >= 0.3 is 0 Å². The number of hydrogen-bond acceptors (Lipinski definition) is 1. The van der Waals surface area contributed by atoms with Crippen LogP contribution in [0.4, 0.5) is 5.69 Å². The van der Waals surface area contributed by atoms with Gasteiger partial charge in [0.15, 0.2) is 0 Å². The average molecular weight is 458 g/mol. The van der Waals surface area contributed by atoms with Crippen LogP contribution in [0.1, 0.15) is 27.7 Å².